The summed E-state index contributed by atoms with van der Waals surface area (Å²) in [6.07, 6.45) is -0.441. The van der Waals surface area contributed by atoms with E-state index < -0.39 is 65.4 Å². The average Bonchev–Trinajstić information content (AvgIpc) is 3.84. The SMILES string of the molecule is COc1cc2c(cc1OC)CN(C(=O)[C@@H]1[C@H]3C(=O)O[C@H](c4ccccc4)[C@H](c4ccccc4)N3[C@H](c3ccccc3OCCO)[C@@]13C(=O)N(C(=O)N[C@H](C)c1ccccc1)c1ccccc13)CC2. The van der Waals surface area contributed by atoms with Crippen molar-refractivity contribution in [3.05, 3.63) is 191 Å². The molecular weight excluding hydrogens is 861 g/mol. The number of nitrogens with one attached hydrogen (secondary N) is 1. The van der Waals surface area contributed by atoms with Crippen molar-refractivity contribution in [2.24, 2.45) is 5.92 Å². The Morgan fingerprint density at radius 1 is 0.765 bits per heavy atom. The third-order valence-electron chi connectivity index (χ3n) is 14.1. The standard InChI is InChI=1S/C55H52N4O9/c1-34(35-17-7-4-8-18-35)56-54(64)58-42-25-15-14-24-41(42)55(53(58)63)46(51(61)57-28-27-38-31-44(65-2)45(66-3)32-39(38)33-57)48-52(62)68-49(37-21-11-6-12-22-37)47(36-19-9-5-10-20-36)59(48)50(55)40-23-13-16-26-43(40)67-30-29-60/h4-26,31-32,34,46-50,60H,27-30,33H2,1-3H3,(H,56,64)/t34-,46+,47+,48+,49-,50-,55+/m1/s1. The van der Waals surface area contributed by atoms with E-state index in [0.717, 1.165) is 27.2 Å². The van der Waals surface area contributed by atoms with Crippen LogP contribution >= 0.6 is 0 Å². The number of methoxy groups -OCH3 is 2. The number of urea groups is 1. The summed E-state index contributed by atoms with van der Waals surface area (Å²) in [5.41, 5.74) is 3.36. The van der Waals surface area contributed by atoms with Gasteiger partial charge in [-0.1, -0.05) is 127 Å². The first-order chi connectivity index (χ1) is 33.2. The Morgan fingerprint density at radius 3 is 2.07 bits per heavy atom. The Bertz CT molecular complexity index is 2860. The lowest BCUT2D eigenvalue weighted by atomic mass is 9.65. The lowest BCUT2D eigenvalue weighted by molar-refractivity contribution is -0.179. The average molecular weight is 913 g/mol. The zero-order valence-electron chi connectivity index (χ0n) is 38.0. The van der Waals surface area contributed by atoms with Gasteiger partial charge in [0.15, 0.2) is 11.5 Å². The first-order valence-corrected chi connectivity index (χ1v) is 22.9. The van der Waals surface area contributed by atoms with Crippen LogP contribution < -0.4 is 24.4 Å². The number of benzene rings is 6. The normalized spacial score (nSPS) is 23.3. The van der Waals surface area contributed by atoms with Crippen LogP contribution in [0, 0.1) is 5.92 Å². The maximum atomic E-state index is 16.7. The van der Waals surface area contributed by atoms with Crippen molar-refractivity contribution in [1.82, 2.24) is 15.1 Å². The smallest absolute Gasteiger partial charge is 0.329 e. The van der Waals surface area contributed by atoms with E-state index in [1.807, 2.05) is 127 Å². The molecule has 4 aliphatic heterocycles. The van der Waals surface area contributed by atoms with Crippen molar-refractivity contribution in [3.63, 3.8) is 0 Å². The van der Waals surface area contributed by atoms with Gasteiger partial charge in [-0.05, 0) is 71.0 Å². The van der Waals surface area contributed by atoms with Gasteiger partial charge in [0, 0.05) is 18.7 Å². The number of esters is 1. The molecule has 7 atom stereocenters. The number of imide groups is 1. The molecule has 0 aromatic heterocycles. The van der Waals surface area contributed by atoms with Crippen LogP contribution in [0.3, 0.4) is 0 Å². The number of aliphatic hydroxyl groups excluding tert-OH is 1. The van der Waals surface area contributed by atoms with E-state index in [1.54, 1.807) is 55.5 Å². The van der Waals surface area contributed by atoms with Crippen LogP contribution in [0.5, 0.6) is 17.2 Å². The summed E-state index contributed by atoms with van der Waals surface area (Å²) < 4.78 is 24.3. The number of hydrogen-bond acceptors (Lipinski definition) is 10. The molecule has 68 heavy (non-hydrogen) atoms. The fourth-order valence-corrected chi connectivity index (χ4v) is 11.2. The zero-order valence-corrected chi connectivity index (χ0v) is 38.0. The van der Waals surface area contributed by atoms with Crippen LogP contribution in [0.15, 0.2) is 152 Å². The minimum atomic E-state index is -1.96. The predicted octanol–water partition coefficient (Wildman–Crippen LogP) is 7.80. The number of hydrogen-bond donors (Lipinski definition) is 2. The number of carbonyl (C=O) groups is 4. The lowest BCUT2D eigenvalue weighted by Gasteiger charge is -2.46. The van der Waals surface area contributed by atoms with Gasteiger partial charge in [0.1, 0.15) is 29.9 Å². The van der Waals surface area contributed by atoms with Crippen LogP contribution in [-0.2, 0) is 37.5 Å². The molecular formula is C55H52N4O9. The van der Waals surface area contributed by atoms with E-state index in [9.17, 15) is 5.11 Å². The third kappa shape index (κ3) is 7.24. The first kappa shape index (κ1) is 44.4. The van der Waals surface area contributed by atoms with E-state index in [0.29, 0.717) is 40.4 Å². The maximum absolute atomic E-state index is 16.7. The summed E-state index contributed by atoms with van der Waals surface area (Å²) in [6.45, 7) is 1.89. The molecule has 13 heteroatoms. The van der Waals surface area contributed by atoms with Gasteiger partial charge in [0.2, 0.25) is 11.8 Å². The fourth-order valence-electron chi connectivity index (χ4n) is 11.2. The van der Waals surface area contributed by atoms with E-state index >= 15 is 19.2 Å². The predicted molar refractivity (Wildman–Crippen MR) is 253 cm³/mol. The molecule has 0 aliphatic carbocycles. The number of nitrogens with zero attached hydrogens (tertiary/aromatic N) is 3. The summed E-state index contributed by atoms with van der Waals surface area (Å²) in [7, 11) is 3.13. The van der Waals surface area contributed by atoms with Crippen LogP contribution in [-0.4, -0.2) is 78.7 Å². The number of aliphatic hydroxyl groups is 1. The number of rotatable bonds is 11. The minimum Gasteiger partial charge on any atom is -0.493 e. The number of carbonyl (C=O) groups excluding carboxylic acids is 4. The molecule has 4 heterocycles. The van der Waals surface area contributed by atoms with Crippen molar-refractivity contribution in [3.8, 4) is 17.2 Å². The molecule has 0 bridgehead atoms. The molecule has 4 aliphatic rings. The highest BCUT2D eigenvalue weighted by Gasteiger charge is 2.76. The lowest BCUT2D eigenvalue weighted by Crippen LogP contribution is -2.57. The van der Waals surface area contributed by atoms with Gasteiger partial charge in [0.25, 0.3) is 0 Å². The van der Waals surface area contributed by atoms with E-state index in [-0.39, 0.29) is 32.0 Å². The van der Waals surface area contributed by atoms with Crippen molar-refractivity contribution >= 4 is 29.5 Å². The first-order valence-electron chi connectivity index (χ1n) is 22.9. The molecule has 4 amide bonds. The molecule has 2 N–H and O–H groups in total. The summed E-state index contributed by atoms with van der Waals surface area (Å²) >= 11 is 0. The molecule has 6 aromatic carbocycles. The Hall–Kier alpha value is -7.48. The molecule has 346 valence electrons. The largest absolute Gasteiger partial charge is 0.493 e. The summed E-state index contributed by atoms with van der Waals surface area (Å²) in [5.74, 6) is -1.85. The zero-order chi connectivity index (χ0) is 47.1. The van der Waals surface area contributed by atoms with Gasteiger partial charge in [0.05, 0.1) is 50.6 Å². The second-order valence-corrected chi connectivity index (χ2v) is 17.6. The van der Waals surface area contributed by atoms with Gasteiger partial charge < -0.3 is 34.3 Å². The number of amides is 4. The molecule has 2 fully saturated rings. The van der Waals surface area contributed by atoms with Gasteiger partial charge in [-0.15, -0.1) is 0 Å². The monoisotopic (exact) mass is 912 g/mol. The van der Waals surface area contributed by atoms with Gasteiger partial charge in [-0.25, -0.2) is 9.69 Å². The number of anilines is 1. The van der Waals surface area contributed by atoms with Crippen LogP contribution in [0.25, 0.3) is 0 Å². The topological polar surface area (TPSA) is 147 Å². The molecule has 0 saturated carbocycles. The third-order valence-corrected chi connectivity index (χ3v) is 14.1. The number of ether oxygens (including phenoxy) is 4. The molecule has 0 radical (unpaired) electrons. The van der Waals surface area contributed by atoms with E-state index in [1.165, 1.54) is 0 Å². The van der Waals surface area contributed by atoms with Gasteiger partial charge >= 0.3 is 12.0 Å². The Balaban J connectivity index is 1.24. The van der Waals surface area contributed by atoms with Crippen molar-refractivity contribution in [1.29, 1.82) is 0 Å². The highest BCUT2D eigenvalue weighted by atomic mass is 16.6. The van der Waals surface area contributed by atoms with Crippen molar-refractivity contribution < 1.29 is 43.2 Å². The summed E-state index contributed by atoms with van der Waals surface area (Å²) in [5, 5.41) is 13.2. The molecule has 13 nitrogen and oxygen atoms in total. The molecule has 6 aromatic rings. The maximum Gasteiger partial charge on any atom is 0.329 e. The van der Waals surface area contributed by atoms with E-state index in [4.69, 9.17) is 18.9 Å². The highest BCUT2D eigenvalue weighted by molar-refractivity contribution is 6.24. The molecule has 0 unspecified atom stereocenters. The molecule has 1 spiro atoms. The van der Waals surface area contributed by atoms with Crippen molar-refractivity contribution in [2.75, 3.05) is 38.9 Å². The number of morpholine rings is 1. The van der Waals surface area contributed by atoms with Gasteiger partial charge in [-0.2, -0.15) is 0 Å². The van der Waals surface area contributed by atoms with Gasteiger partial charge in [-0.3, -0.25) is 19.3 Å². The minimum absolute atomic E-state index is 0.0722. The second-order valence-electron chi connectivity index (χ2n) is 17.6. The molecule has 10 rings (SSSR count). The number of fused-ring (bicyclic) bond motifs is 4. The van der Waals surface area contributed by atoms with Crippen molar-refractivity contribution in [2.45, 2.75) is 55.6 Å². The fraction of sp³-hybridized carbons (Fsp3) is 0.273. The Kier molecular flexibility index (Phi) is 11.9. The summed E-state index contributed by atoms with van der Waals surface area (Å²) in [4.78, 5) is 68.5. The second kappa shape index (κ2) is 18.3. The Morgan fingerprint density at radius 2 is 1.38 bits per heavy atom. The number of para-hydroxylation sites is 2. The van der Waals surface area contributed by atoms with Crippen LogP contribution in [0.2, 0.25) is 0 Å². The summed E-state index contributed by atoms with van der Waals surface area (Å²) in [6, 6.07) is 42.2. The Labute approximate surface area is 394 Å². The highest BCUT2D eigenvalue weighted by Crippen LogP contribution is 2.67. The van der Waals surface area contributed by atoms with Crippen LogP contribution in [0.4, 0.5) is 10.5 Å². The quantitative estimate of drug-likeness (QED) is 0.124. The van der Waals surface area contributed by atoms with E-state index in [2.05, 4.69) is 5.32 Å². The van der Waals surface area contributed by atoms with Crippen LogP contribution in [0.1, 0.15) is 70.1 Å². The molecule has 2 saturated heterocycles. The number of cyclic esters (lactones) is 1.